The van der Waals surface area contributed by atoms with E-state index in [0.29, 0.717) is 49.0 Å². The smallest absolute Gasteiger partial charge is 0.409 e. The number of thiazole rings is 1. The normalized spacial score (nSPS) is 15.3. The second kappa shape index (κ2) is 7.48. The van der Waals surface area contributed by atoms with E-state index in [0.717, 1.165) is 0 Å². The molecule has 0 bridgehead atoms. The number of ether oxygens (including phenoxy) is 1. The molecular weight excluding hydrogens is 330 g/mol. The summed E-state index contributed by atoms with van der Waals surface area (Å²) >= 11 is 1.37. The van der Waals surface area contributed by atoms with Crippen LogP contribution in [-0.2, 0) is 4.74 Å². The first kappa shape index (κ1) is 16.5. The molecule has 2 aromatic rings. The Labute approximate surface area is 143 Å². The van der Waals surface area contributed by atoms with E-state index in [1.807, 2.05) is 6.07 Å². The lowest BCUT2D eigenvalue weighted by atomic mass is 10.1. The summed E-state index contributed by atoms with van der Waals surface area (Å²) in [4.78, 5) is 30.0. The van der Waals surface area contributed by atoms with Crippen LogP contribution in [0.25, 0.3) is 10.8 Å². The fourth-order valence-electron chi connectivity index (χ4n) is 2.57. The van der Waals surface area contributed by atoms with Crippen molar-refractivity contribution < 1.29 is 18.7 Å². The molecule has 0 aliphatic carbocycles. The fourth-order valence-corrected chi connectivity index (χ4v) is 3.34. The fraction of sp³-hybridized carbons (Fsp3) is 0.438. The van der Waals surface area contributed by atoms with Gasteiger partial charge in [0.05, 0.1) is 12.9 Å². The Balaban J connectivity index is 1.52. The number of likely N-dealkylation sites (tertiary alicyclic amines) is 1. The summed E-state index contributed by atoms with van der Waals surface area (Å²) in [5, 5.41) is 5.39. The Morgan fingerprint density at radius 2 is 2.25 bits per heavy atom. The maximum Gasteiger partial charge on any atom is 0.409 e. The number of hydrogen-bond acceptors (Lipinski definition) is 6. The first-order valence-electron chi connectivity index (χ1n) is 7.89. The molecule has 2 aromatic heterocycles. The zero-order valence-corrected chi connectivity index (χ0v) is 14.2. The molecular formula is C16H19N3O4S. The lowest BCUT2D eigenvalue weighted by Crippen LogP contribution is -2.46. The van der Waals surface area contributed by atoms with E-state index < -0.39 is 0 Å². The van der Waals surface area contributed by atoms with E-state index in [4.69, 9.17) is 9.15 Å². The van der Waals surface area contributed by atoms with E-state index in [9.17, 15) is 9.59 Å². The minimum absolute atomic E-state index is 0.0388. The van der Waals surface area contributed by atoms with Crippen molar-refractivity contribution in [3.05, 3.63) is 29.5 Å². The second-order valence-electron chi connectivity index (χ2n) is 5.45. The molecule has 128 valence electrons. The maximum atomic E-state index is 12.3. The predicted molar refractivity (Wildman–Crippen MR) is 88.9 cm³/mol. The van der Waals surface area contributed by atoms with Gasteiger partial charge in [-0.3, -0.25) is 4.79 Å². The molecule has 1 saturated heterocycles. The van der Waals surface area contributed by atoms with Crippen molar-refractivity contribution in [2.75, 3.05) is 19.7 Å². The van der Waals surface area contributed by atoms with Crippen LogP contribution in [0.3, 0.4) is 0 Å². The van der Waals surface area contributed by atoms with Crippen molar-refractivity contribution in [3.8, 4) is 10.8 Å². The predicted octanol–water partition coefficient (Wildman–Crippen LogP) is 2.75. The third kappa shape index (κ3) is 3.76. The lowest BCUT2D eigenvalue weighted by Gasteiger charge is -2.31. The zero-order chi connectivity index (χ0) is 16.9. The van der Waals surface area contributed by atoms with Gasteiger partial charge >= 0.3 is 6.09 Å². The molecule has 1 fully saturated rings. The van der Waals surface area contributed by atoms with Crippen molar-refractivity contribution in [1.82, 2.24) is 15.2 Å². The summed E-state index contributed by atoms with van der Waals surface area (Å²) in [5.74, 6) is 0.459. The molecule has 3 rings (SSSR count). The number of furan rings is 1. The Kier molecular flexibility index (Phi) is 5.14. The second-order valence-corrected chi connectivity index (χ2v) is 6.31. The average Bonchev–Trinajstić information content (AvgIpc) is 3.27. The average molecular weight is 349 g/mol. The van der Waals surface area contributed by atoms with Gasteiger partial charge in [-0.05, 0) is 31.9 Å². The van der Waals surface area contributed by atoms with Crippen LogP contribution in [0.2, 0.25) is 0 Å². The highest BCUT2D eigenvalue weighted by Gasteiger charge is 2.25. The van der Waals surface area contributed by atoms with Crippen LogP contribution in [0.4, 0.5) is 4.79 Å². The van der Waals surface area contributed by atoms with Gasteiger partial charge in [-0.25, -0.2) is 9.78 Å². The Morgan fingerprint density at radius 1 is 1.46 bits per heavy atom. The third-order valence-corrected chi connectivity index (χ3v) is 4.68. The molecule has 0 radical (unpaired) electrons. The van der Waals surface area contributed by atoms with Crippen LogP contribution in [0.15, 0.2) is 28.2 Å². The van der Waals surface area contributed by atoms with Crippen molar-refractivity contribution in [2.45, 2.75) is 25.8 Å². The molecule has 1 N–H and O–H groups in total. The van der Waals surface area contributed by atoms with Gasteiger partial charge in [-0.1, -0.05) is 0 Å². The number of carbonyl (C=O) groups excluding carboxylic acids is 2. The monoisotopic (exact) mass is 349 g/mol. The summed E-state index contributed by atoms with van der Waals surface area (Å²) in [7, 11) is 0. The van der Waals surface area contributed by atoms with Crippen LogP contribution in [0.1, 0.15) is 30.3 Å². The van der Waals surface area contributed by atoms with E-state index in [1.165, 1.54) is 11.3 Å². The van der Waals surface area contributed by atoms with Gasteiger partial charge in [-0.15, -0.1) is 11.3 Å². The largest absolute Gasteiger partial charge is 0.462 e. The molecule has 1 aliphatic rings. The summed E-state index contributed by atoms with van der Waals surface area (Å²) in [6.07, 6.45) is 2.71. The number of hydrogen-bond donors (Lipinski definition) is 1. The number of amides is 2. The third-order valence-electron chi connectivity index (χ3n) is 3.82. The van der Waals surface area contributed by atoms with Crippen LogP contribution in [0, 0.1) is 0 Å². The molecule has 24 heavy (non-hydrogen) atoms. The van der Waals surface area contributed by atoms with Gasteiger partial charge in [0.1, 0.15) is 5.69 Å². The van der Waals surface area contributed by atoms with Crippen LogP contribution >= 0.6 is 11.3 Å². The molecule has 7 nitrogen and oxygen atoms in total. The highest BCUT2D eigenvalue weighted by molar-refractivity contribution is 7.13. The van der Waals surface area contributed by atoms with E-state index in [2.05, 4.69) is 10.3 Å². The number of nitrogens with zero attached hydrogens (tertiary/aromatic N) is 2. The van der Waals surface area contributed by atoms with Crippen molar-refractivity contribution >= 4 is 23.3 Å². The molecule has 0 atom stereocenters. The number of rotatable bonds is 4. The summed E-state index contributed by atoms with van der Waals surface area (Å²) < 4.78 is 10.3. The highest BCUT2D eigenvalue weighted by atomic mass is 32.1. The first-order chi connectivity index (χ1) is 11.7. The summed E-state index contributed by atoms with van der Waals surface area (Å²) in [6.45, 7) is 3.32. The van der Waals surface area contributed by atoms with Gasteiger partial charge in [-0.2, -0.15) is 0 Å². The number of aromatic nitrogens is 1. The van der Waals surface area contributed by atoms with E-state index >= 15 is 0 Å². The van der Waals surface area contributed by atoms with Gasteiger partial charge in [0.15, 0.2) is 10.8 Å². The molecule has 1 aliphatic heterocycles. The lowest BCUT2D eigenvalue weighted by molar-refractivity contribution is 0.0857. The Morgan fingerprint density at radius 3 is 2.92 bits per heavy atom. The van der Waals surface area contributed by atoms with Gasteiger partial charge in [0.25, 0.3) is 5.91 Å². The molecule has 8 heteroatoms. The molecule has 2 amide bonds. The zero-order valence-electron chi connectivity index (χ0n) is 13.4. The van der Waals surface area contributed by atoms with Gasteiger partial charge < -0.3 is 19.4 Å². The summed E-state index contributed by atoms with van der Waals surface area (Å²) in [5.41, 5.74) is 0.388. The first-order valence-corrected chi connectivity index (χ1v) is 8.77. The van der Waals surface area contributed by atoms with Crippen LogP contribution in [0.5, 0.6) is 0 Å². The summed E-state index contributed by atoms with van der Waals surface area (Å²) in [6, 6.07) is 3.64. The van der Waals surface area contributed by atoms with Crippen molar-refractivity contribution in [2.24, 2.45) is 0 Å². The van der Waals surface area contributed by atoms with Crippen LogP contribution < -0.4 is 5.32 Å². The molecule has 0 saturated carbocycles. The molecule has 0 spiro atoms. The number of nitrogens with one attached hydrogen (secondary N) is 1. The van der Waals surface area contributed by atoms with E-state index in [1.54, 1.807) is 29.5 Å². The minimum Gasteiger partial charge on any atom is -0.462 e. The number of piperidine rings is 1. The molecule has 3 heterocycles. The Bertz CT molecular complexity index is 690. The van der Waals surface area contributed by atoms with Gasteiger partial charge in [0, 0.05) is 24.5 Å². The quantitative estimate of drug-likeness (QED) is 0.917. The maximum absolute atomic E-state index is 12.3. The standard InChI is InChI=1S/C16H19N3O4S/c1-2-22-16(21)19-7-5-11(6-8-19)17-14(20)12-10-24-15(18-12)13-4-3-9-23-13/h3-4,9-11H,2,5-8H2,1H3,(H,17,20). The SMILES string of the molecule is CCOC(=O)N1CCC(NC(=O)c2csc(-c3ccco3)n2)CC1. The van der Waals surface area contributed by atoms with Gasteiger partial charge in [0.2, 0.25) is 0 Å². The van der Waals surface area contributed by atoms with Crippen molar-refractivity contribution in [1.29, 1.82) is 0 Å². The highest BCUT2D eigenvalue weighted by Crippen LogP contribution is 2.24. The molecule has 0 aromatic carbocycles. The van der Waals surface area contributed by atoms with E-state index in [-0.39, 0.29) is 18.0 Å². The Hall–Kier alpha value is -2.35. The van der Waals surface area contributed by atoms with Crippen molar-refractivity contribution in [3.63, 3.8) is 0 Å². The molecule has 0 unspecified atom stereocenters. The minimum atomic E-state index is -0.287. The topological polar surface area (TPSA) is 84.7 Å². The van der Waals surface area contributed by atoms with Crippen LogP contribution in [-0.4, -0.2) is 47.6 Å². The number of carbonyl (C=O) groups is 2.